The number of esters is 2. The van der Waals surface area contributed by atoms with Gasteiger partial charge in [0.25, 0.3) is 0 Å². The zero-order valence-corrected chi connectivity index (χ0v) is 29.2. The van der Waals surface area contributed by atoms with Crippen LogP contribution in [-0.4, -0.2) is 82.8 Å². The highest BCUT2D eigenvalue weighted by atomic mass is 35.5. The molecule has 260 valence electrons. The summed E-state index contributed by atoms with van der Waals surface area (Å²) in [5.41, 5.74) is -0.297. The minimum absolute atomic E-state index is 0.0445. The third kappa shape index (κ3) is 6.14. The number of fused-ring (bicyclic) bond motifs is 4. The van der Waals surface area contributed by atoms with E-state index in [4.69, 9.17) is 25.9 Å². The zero-order valence-electron chi connectivity index (χ0n) is 28.4. The molecule has 48 heavy (non-hydrogen) atoms. The summed E-state index contributed by atoms with van der Waals surface area (Å²) in [5.74, 6) is -1.56. The molecular weight excluding hydrogens is 636 g/mol. The highest BCUT2D eigenvalue weighted by Crippen LogP contribution is 2.53. The van der Waals surface area contributed by atoms with E-state index < -0.39 is 47.6 Å². The number of nitrogens with zero attached hydrogens (tertiary/aromatic N) is 3. The third-order valence-corrected chi connectivity index (χ3v) is 11.3. The van der Waals surface area contributed by atoms with E-state index in [1.165, 1.54) is 12.0 Å². The number of nitrogens with one attached hydrogen (secondary N) is 1. The van der Waals surface area contributed by atoms with Gasteiger partial charge in [-0.1, -0.05) is 49.7 Å². The van der Waals surface area contributed by atoms with Crippen molar-refractivity contribution < 1.29 is 34.1 Å². The topological polar surface area (TPSA) is 134 Å². The van der Waals surface area contributed by atoms with Crippen LogP contribution in [0.4, 0.5) is 5.69 Å². The second kappa shape index (κ2) is 13.3. The molecule has 1 unspecified atom stereocenters. The number of hydroxylamine groups is 1. The van der Waals surface area contributed by atoms with Gasteiger partial charge in [0, 0.05) is 51.2 Å². The van der Waals surface area contributed by atoms with E-state index in [9.17, 15) is 19.8 Å². The van der Waals surface area contributed by atoms with Gasteiger partial charge in [-0.2, -0.15) is 0 Å². The maximum Gasteiger partial charge on any atom is 0.323 e. The Balaban J connectivity index is 1.26. The molecule has 10 atom stereocenters. The van der Waals surface area contributed by atoms with E-state index in [0.717, 1.165) is 24.2 Å². The molecular formula is C36H47ClN4O7. The second-order valence-corrected chi connectivity index (χ2v) is 14.7. The Hall–Kier alpha value is -3.06. The minimum Gasteiger partial charge on any atom is -0.454 e. The minimum atomic E-state index is -1.56. The highest BCUT2D eigenvalue weighted by Gasteiger charge is 2.62. The number of aliphatic hydroxyl groups is 2. The van der Waals surface area contributed by atoms with Gasteiger partial charge in [0.15, 0.2) is 18.4 Å². The summed E-state index contributed by atoms with van der Waals surface area (Å²) in [4.78, 5) is 39.1. The Labute approximate surface area is 287 Å². The molecule has 1 aromatic carbocycles. The average molecular weight is 683 g/mol. The number of anilines is 1. The Bertz CT molecular complexity index is 1560. The van der Waals surface area contributed by atoms with Crippen molar-refractivity contribution in [1.29, 1.82) is 0 Å². The van der Waals surface area contributed by atoms with E-state index in [1.807, 2.05) is 38.1 Å². The maximum absolute atomic E-state index is 14.1. The first-order chi connectivity index (χ1) is 22.7. The fourth-order valence-electron chi connectivity index (χ4n) is 8.62. The zero-order chi connectivity index (χ0) is 34.5. The number of pyridine rings is 1. The summed E-state index contributed by atoms with van der Waals surface area (Å²) in [7, 11) is 3.76. The van der Waals surface area contributed by atoms with Crippen LogP contribution in [0.3, 0.4) is 0 Å². The van der Waals surface area contributed by atoms with Gasteiger partial charge in [-0.15, -0.1) is 0 Å². The lowest BCUT2D eigenvalue weighted by atomic mass is 9.55. The van der Waals surface area contributed by atoms with Gasteiger partial charge in [0.05, 0.1) is 16.4 Å². The van der Waals surface area contributed by atoms with Crippen LogP contribution in [0, 0.1) is 23.7 Å². The summed E-state index contributed by atoms with van der Waals surface area (Å²) in [6.45, 7) is 8.81. The lowest BCUT2D eigenvalue weighted by Crippen LogP contribution is -2.66. The number of benzene rings is 1. The quantitative estimate of drug-likeness (QED) is 0.276. The molecule has 2 aliphatic carbocycles. The highest BCUT2D eigenvalue weighted by molar-refractivity contribution is 6.33. The number of carbonyl (C=O) groups is 2. The smallest absolute Gasteiger partial charge is 0.323 e. The standard InChI is InChI=1S/C36H47ClN4O7/c1-20-16-27-25(21(2)18-40(5)19-24-10-7-8-15-38-24)14-13-22(3)36(27,45)32(31(20)46-23(4)42)47-33(43)29-17-35(44)26-11-9-12-28(37)30(26)41(6)48-34(35)39-29/h7-12,15-16,21-22,25,27,29,31-32,34,39,44-45H,13-14,17-19H2,1-6H3/t21?,22-,25+,27-,29+,31-,32+,34-,35-,36-/m1/s1. The number of ether oxygens (including phenoxy) is 2. The normalized spacial score (nSPS) is 34.8. The molecule has 3 N–H and O–H groups in total. The predicted octanol–water partition coefficient (Wildman–Crippen LogP) is 3.96. The number of halogens is 1. The second-order valence-electron chi connectivity index (χ2n) is 14.3. The van der Waals surface area contributed by atoms with Crippen molar-refractivity contribution in [2.45, 2.75) is 89.2 Å². The molecule has 4 aliphatic rings. The van der Waals surface area contributed by atoms with Crippen molar-refractivity contribution in [3.63, 3.8) is 0 Å². The fourth-order valence-corrected chi connectivity index (χ4v) is 8.91. The van der Waals surface area contributed by atoms with Gasteiger partial charge in [-0.05, 0) is 68.3 Å². The molecule has 1 saturated heterocycles. The van der Waals surface area contributed by atoms with Crippen molar-refractivity contribution >= 4 is 29.2 Å². The van der Waals surface area contributed by atoms with Gasteiger partial charge >= 0.3 is 11.9 Å². The molecule has 11 nitrogen and oxygen atoms in total. The van der Waals surface area contributed by atoms with E-state index in [2.05, 4.69) is 29.2 Å². The summed E-state index contributed by atoms with van der Waals surface area (Å²) >= 11 is 6.46. The van der Waals surface area contributed by atoms with E-state index >= 15 is 0 Å². The summed E-state index contributed by atoms with van der Waals surface area (Å²) in [5, 5.41) is 29.7. The SMILES string of the molecule is CC(=O)O[C@@H]1C(C)=C[C@@H]2[C@H](C(C)CN(C)Cc3ccccn3)CC[C@@H](C)[C@]2(O)[C@H]1OC(=O)[C@@H]1C[C@@]2(O)c3cccc(Cl)c3N(C)O[C@H]2N1. The number of hydrogen-bond donors (Lipinski definition) is 3. The molecule has 1 saturated carbocycles. The first kappa shape index (κ1) is 34.8. The maximum atomic E-state index is 14.1. The van der Waals surface area contributed by atoms with Crippen LogP contribution < -0.4 is 10.4 Å². The van der Waals surface area contributed by atoms with Crippen LogP contribution >= 0.6 is 11.6 Å². The van der Waals surface area contributed by atoms with Gasteiger partial charge in [-0.3, -0.25) is 29.8 Å². The lowest BCUT2D eigenvalue weighted by Gasteiger charge is -2.56. The number of rotatable bonds is 8. The number of hydrogen-bond acceptors (Lipinski definition) is 11. The summed E-state index contributed by atoms with van der Waals surface area (Å²) < 4.78 is 12.1. The van der Waals surface area contributed by atoms with Crippen LogP contribution in [0.1, 0.15) is 58.2 Å². The molecule has 2 aliphatic heterocycles. The van der Waals surface area contributed by atoms with E-state index in [0.29, 0.717) is 29.2 Å². The molecule has 1 aromatic heterocycles. The Morgan fingerprint density at radius 1 is 1.21 bits per heavy atom. The van der Waals surface area contributed by atoms with Gasteiger partial charge in [0.1, 0.15) is 17.2 Å². The van der Waals surface area contributed by atoms with E-state index in [1.54, 1.807) is 31.4 Å². The third-order valence-electron chi connectivity index (χ3n) is 11.0. The first-order valence-corrected chi connectivity index (χ1v) is 17.2. The van der Waals surface area contributed by atoms with Gasteiger partial charge < -0.3 is 24.6 Å². The van der Waals surface area contributed by atoms with Crippen molar-refractivity contribution in [1.82, 2.24) is 15.2 Å². The van der Waals surface area contributed by atoms with Crippen molar-refractivity contribution in [3.05, 3.63) is 70.5 Å². The fraction of sp³-hybridized carbons (Fsp3) is 0.583. The molecule has 6 rings (SSSR count). The number of aromatic nitrogens is 1. The van der Waals surface area contributed by atoms with Gasteiger partial charge in [0.2, 0.25) is 0 Å². The largest absolute Gasteiger partial charge is 0.454 e. The average Bonchev–Trinajstić information content (AvgIpc) is 3.38. The molecule has 0 amide bonds. The summed E-state index contributed by atoms with van der Waals surface area (Å²) in [6.07, 6.45) is 2.30. The van der Waals surface area contributed by atoms with Crippen molar-refractivity contribution in [3.8, 4) is 0 Å². The Kier molecular flexibility index (Phi) is 9.67. The number of para-hydroxylation sites is 1. The molecule has 2 aromatic rings. The molecule has 0 spiro atoms. The Morgan fingerprint density at radius 2 is 1.98 bits per heavy atom. The first-order valence-electron chi connectivity index (χ1n) is 16.8. The molecule has 0 bridgehead atoms. The molecule has 2 fully saturated rings. The van der Waals surface area contributed by atoms with Crippen LogP contribution in [0.2, 0.25) is 5.02 Å². The Morgan fingerprint density at radius 3 is 2.69 bits per heavy atom. The van der Waals surface area contributed by atoms with Crippen LogP contribution in [-0.2, 0) is 36.0 Å². The lowest BCUT2D eigenvalue weighted by molar-refractivity contribution is -0.225. The van der Waals surface area contributed by atoms with Crippen molar-refractivity contribution in [2.75, 3.05) is 25.7 Å². The van der Waals surface area contributed by atoms with Gasteiger partial charge in [-0.25, -0.2) is 0 Å². The molecule has 12 heteroatoms. The monoisotopic (exact) mass is 682 g/mol. The predicted molar refractivity (Wildman–Crippen MR) is 179 cm³/mol. The van der Waals surface area contributed by atoms with Crippen LogP contribution in [0.5, 0.6) is 0 Å². The molecule has 3 heterocycles. The van der Waals surface area contributed by atoms with Crippen molar-refractivity contribution in [2.24, 2.45) is 23.7 Å². The molecule has 0 radical (unpaired) electrons. The van der Waals surface area contributed by atoms with Crippen LogP contribution in [0.15, 0.2) is 54.2 Å². The van der Waals surface area contributed by atoms with Crippen LogP contribution in [0.25, 0.3) is 0 Å². The van der Waals surface area contributed by atoms with E-state index in [-0.39, 0.29) is 30.1 Å². The number of carbonyl (C=O) groups excluding carboxylic acids is 2. The summed E-state index contributed by atoms with van der Waals surface area (Å²) in [6, 6.07) is 10.1.